The van der Waals surface area contributed by atoms with E-state index in [0.717, 1.165) is 26.1 Å². The fraction of sp³-hybridized carbons (Fsp3) is 0.933. The number of carbonyl (C=O) groups excluding carboxylic acids is 1. The Morgan fingerprint density at radius 2 is 2.00 bits per heavy atom. The first-order valence-electron chi connectivity index (χ1n) is 7.87. The zero-order valence-electron chi connectivity index (χ0n) is 12.2. The summed E-state index contributed by atoms with van der Waals surface area (Å²) in [4.78, 5) is 14.3. The minimum atomic E-state index is -0.303. The summed E-state index contributed by atoms with van der Waals surface area (Å²) in [5, 5.41) is 3.04. The van der Waals surface area contributed by atoms with E-state index in [-0.39, 0.29) is 11.9 Å². The molecule has 0 bridgehead atoms. The van der Waals surface area contributed by atoms with Crippen LogP contribution < -0.4 is 11.1 Å². The monoisotopic (exact) mass is 267 g/mol. The second kappa shape index (κ2) is 7.25. The van der Waals surface area contributed by atoms with Gasteiger partial charge >= 0.3 is 0 Å². The van der Waals surface area contributed by atoms with Crippen LogP contribution in [0.3, 0.4) is 0 Å². The third kappa shape index (κ3) is 4.77. The molecule has 2 fully saturated rings. The topological polar surface area (TPSA) is 58.4 Å². The van der Waals surface area contributed by atoms with Crippen molar-refractivity contribution in [3.05, 3.63) is 0 Å². The Hall–Kier alpha value is -0.610. The average Bonchev–Trinajstić information content (AvgIpc) is 2.83. The number of hydrogen-bond acceptors (Lipinski definition) is 3. The molecule has 1 saturated heterocycles. The Labute approximate surface area is 117 Å². The summed E-state index contributed by atoms with van der Waals surface area (Å²) >= 11 is 0. The molecule has 1 heterocycles. The van der Waals surface area contributed by atoms with Gasteiger partial charge in [0.15, 0.2) is 0 Å². The molecule has 0 radical (unpaired) electrons. The molecule has 1 amide bonds. The molecular weight excluding hydrogens is 238 g/mol. The molecule has 2 atom stereocenters. The van der Waals surface area contributed by atoms with Gasteiger partial charge in [0.25, 0.3) is 0 Å². The Balaban J connectivity index is 1.64. The van der Waals surface area contributed by atoms with Crippen LogP contribution in [0.4, 0.5) is 0 Å². The molecule has 110 valence electrons. The van der Waals surface area contributed by atoms with Crippen LogP contribution in [-0.2, 0) is 4.79 Å². The van der Waals surface area contributed by atoms with Gasteiger partial charge in [-0.15, -0.1) is 0 Å². The SMILES string of the molecule is CN1CCC(CNC(=O)C(N)CC2CCCCC2)C1. The van der Waals surface area contributed by atoms with Crippen molar-refractivity contribution in [1.82, 2.24) is 10.2 Å². The first-order valence-corrected chi connectivity index (χ1v) is 7.87. The molecule has 0 aromatic rings. The maximum atomic E-state index is 12.0. The van der Waals surface area contributed by atoms with Gasteiger partial charge in [0, 0.05) is 13.1 Å². The zero-order chi connectivity index (χ0) is 13.7. The first kappa shape index (κ1) is 14.8. The fourth-order valence-electron chi connectivity index (χ4n) is 3.46. The predicted molar refractivity (Wildman–Crippen MR) is 77.8 cm³/mol. The first-order chi connectivity index (χ1) is 9.15. The van der Waals surface area contributed by atoms with Crippen molar-refractivity contribution in [3.63, 3.8) is 0 Å². The Kier molecular flexibility index (Phi) is 5.64. The summed E-state index contributed by atoms with van der Waals surface area (Å²) in [6, 6.07) is -0.303. The Morgan fingerprint density at radius 3 is 2.63 bits per heavy atom. The molecule has 1 aliphatic heterocycles. The van der Waals surface area contributed by atoms with E-state index in [4.69, 9.17) is 5.73 Å². The summed E-state index contributed by atoms with van der Waals surface area (Å²) < 4.78 is 0. The zero-order valence-corrected chi connectivity index (χ0v) is 12.2. The van der Waals surface area contributed by atoms with Gasteiger partial charge in [-0.3, -0.25) is 4.79 Å². The van der Waals surface area contributed by atoms with E-state index in [1.165, 1.54) is 38.5 Å². The number of carbonyl (C=O) groups is 1. The highest BCUT2D eigenvalue weighted by Gasteiger charge is 2.23. The van der Waals surface area contributed by atoms with Crippen molar-refractivity contribution in [2.45, 2.75) is 51.0 Å². The lowest BCUT2D eigenvalue weighted by Crippen LogP contribution is -2.43. The van der Waals surface area contributed by atoms with E-state index >= 15 is 0 Å². The van der Waals surface area contributed by atoms with Crippen molar-refractivity contribution in [2.24, 2.45) is 17.6 Å². The molecular formula is C15H29N3O. The van der Waals surface area contributed by atoms with Crippen molar-refractivity contribution < 1.29 is 4.79 Å². The molecule has 3 N–H and O–H groups in total. The molecule has 2 unspecified atom stereocenters. The summed E-state index contributed by atoms with van der Waals surface area (Å²) in [6.07, 6.45) is 8.56. The van der Waals surface area contributed by atoms with Crippen molar-refractivity contribution in [3.8, 4) is 0 Å². The van der Waals surface area contributed by atoms with Gasteiger partial charge in [0.05, 0.1) is 6.04 Å². The molecule has 19 heavy (non-hydrogen) atoms. The second-order valence-corrected chi connectivity index (χ2v) is 6.51. The van der Waals surface area contributed by atoms with E-state index in [1.807, 2.05) is 0 Å². The highest BCUT2D eigenvalue weighted by Crippen LogP contribution is 2.26. The summed E-state index contributed by atoms with van der Waals surface area (Å²) in [7, 11) is 2.14. The number of nitrogens with two attached hydrogens (primary N) is 1. The Bertz CT molecular complexity index is 289. The van der Waals surface area contributed by atoms with E-state index in [0.29, 0.717) is 11.8 Å². The largest absolute Gasteiger partial charge is 0.354 e. The molecule has 1 saturated carbocycles. The van der Waals surface area contributed by atoms with Gasteiger partial charge in [0.2, 0.25) is 5.91 Å². The lowest BCUT2D eigenvalue weighted by Gasteiger charge is -2.24. The number of nitrogens with zero attached hydrogens (tertiary/aromatic N) is 1. The van der Waals surface area contributed by atoms with Crippen LogP contribution in [0.25, 0.3) is 0 Å². The normalized spacial score (nSPS) is 27.4. The Morgan fingerprint density at radius 1 is 1.26 bits per heavy atom. The molecule has 1 aliphatic carbocycles. The fourth-order valence-corrected chi connectivity index (χ4v) is 3.46. The van der Waals surface area contributed by atoms with Crippen LogP contribution in [0.5, 0.6) is 0 Å². The van der Waals surface area contributed by atoms with Gasteiger partial charge in [0.1, 0.15) is 0 Å². The lowest BCUT2D eigenvalue weighted by atomic mass is 9.85. The number of rotatable bonds is 5. The highest BCUT2D eigenvalue weighted by atomic mass is 16.2. The lowest BCUT2D eigenvalue weighted by molar-refractivity contribution is -0.123. The van der Waals surface area contributed by atoms with Gasteiger partial charge in [-0.05, 0) is 38.3 Å². The third-order valence-corrected chi connectivity index (χ3v) is 4.70. The number of amides is 1. The third-order valence-electron chi connectivity index (χ3n) is 4.70. The minimum absolute atomic E-state index is 0.0557. The van der Waals surface area contributed by atoms with Crippen molar-refractivity contribution in [1.29, 1.82) is 0 Å². The molecule has 2 aliphatic rings. The number of hydrogen-bond donors (Lipinski definition) is 2. The highest BCUT2D eigenvalue weighted by molar-refractivity contribution is 5.81. The smallest absolute Gasteiger partial charge is 0.236 e. The van der Waals surface area contributed by atoms with E-state index in [1.54, 1.807) is 0 Å². The molecule has 4 nitrogen and oxygen atoms in total. The van der Waals surface area contributed by atoms with Gasteiger partial charge in [-0.2, -0.15) is 0 Å². The number of likely N-dealkylation sites (tertiary alicyclic amines) is 1. The number of nitrogens with one attached hydrogen (secondary N) is 1. The quantitative estimate of drug-likeness (QED) is 0.790. The molecule has 0 spiro atoms. The van der Waals surface area contributed by atoms with Crippen LogP contribution in [-0.4, -0.2) is 43.5 Å². The maximum absolute atomic E-state index is 12.0. The average molecular weight is 267 g/mol. The van der Waals surface area contributed by atoms with Crippen LogP contribution in [0.2, 0.25) is 0 Å². The van der Waals surface area contributed by atoms with Crippen LogP contribution in [0.1, 0.15) is 44.9 Å². The van der Waals surface area contributed by atoms with Crippen LogP contribution in [0.15, 0.2) is 0 Å². The van der Waals surface area contributed by atoms with Gasteiger partial charge in [-0.25, -0.2) is 0 Å². The predicted octanol–water partition coefficient (Wildman–Crippen LogP) is 1.35. The molecule has 0 aromatic heterocycles. The molecule has 0 aromatic carbocycles. The van der Waals surface area contributed by atoms with Crippen LogP contribution >= 0.6 is 0 Å². The summed E-state index contributed by atoms with van der Waals surface area (Å²) in [5.74, 6) is 1.34. The van der Waals surface area contributed by atoms with Crippen molar-refractivity contribution >= 4 is 5.91 Å². The van der Waals surface area contributed by atoms with Gasteiger partial charge in [-0.1, -0.05) is 32.1 Å². The van der Waals surface area contributed by atoms with E-state index < -0.39 is 0 Å². The summed E-state index contributed by atoms with van der Waals surface area (Å²) in [6.45, 7) is 3.04. The second-order valence-electron chi connectivity index (χ2n) is 6.51. The van der Waals surface area contributed by atoms with Gasteiger partial charge < -0.3 is 16.0 Å². The maximum Gasteiger partial charge on any atom is 0.236 e. The standard InChI is InChI=1S/C15H29N3O/c1-18-8-7-13(11-18)10-17-15(19)14(16)9-12-5-3-2-4-6-12/h12-14H,2-11,16H2,1H3,(H,17,19). The van der Waals surface area contributed by atoms with Crippen LogP contribution in [0, 0.1) is 11.8 Å². The molecule has 4 heteroatoms. The van der Waals surface area contributed by atoms with E-state index in [2.05, 4.69) is 17.3 Å². The minimum Gasteiger partial charge on any atom is -0.354 e. The van der Waals surface area contributed by atoms with E-state index in [9.17, 15) is 4.79 Å². The van der Waals surface area contributed by atoms with Crippen molar-refractivity contribution in [2.75, 3.05) is 26.7 Å². The molecule has 2 rings (SSSR count). The summed E-state index contributed by atoms with van der Waals surface area (Å²) in [5.41, 5.74) is 6.04.